The molecule has 0 aliphatic rings. The number of aromatic nitrogens is 3. The van der Waals surface area contributed by atoms with Gasteiger partial charge in [0.1, 0.15) is 5.82 Å². The number of halogens is 3. The molecule has 2 N–H and O–H groups in total. The molecule has 0 fully saturated rings. The third-order valence-electron chi connectivity index (χ3n) is 3.38. The summed E-state index contributed by atoms with van der Waals surface area (Å²) < 4.78 is 14.7. The first-order valence-corrected chi connectivity index (χ1v) is 7.71. The average Bonchev–Trinajstić information content (AvgIpc) is 2.90. The smallest absolute Gasteiger partial charge is 0.273 e. The van der Waals surface area contributed by atoms with Gasteiger partial charge in [-0.15, -0.1) is 17.5 Å². The molecule has 9 heteroatoms. The largest absolute Gasteiger partial charge is 0.349 e. The minimum atomic E-state index is -0.511. The van der Waals surface area contributed by atoms with Gasteiger partial charge in [-0.2, -0.15) is 0 Å². The van der Waals surface area contributed by atoms with Crippen molar-refractivity contribution in [2.24, 2.45) is 0 Å². The molecule has 24 heavy (non-hydrogen) atoms. The molecule has 0 aliphatic carbocycles. The summed E-state index contributed by atoms with van der Waals surface area (Å²) in [6, 6.07) is 4.37. The molecule has 132 valence electrons. The molecular weight excluding hydrogens is 356 g/mol. The van der Waals surface area contributed by atoms with E-state index in [0.717, 1.165) is 6.54 Å². The minimum Gasteiger partial charge on any atom is -0.349 e. The van der Waals surface area contributed by atoms with Crippen molar-refractivity contribution in [3.05, 3.63) is 40.4 Å². The molecule has 0 saturated carbocycles. The lowest BCUT2D eigenvalue weighted by Crippen LogP contribution is -2.39. The summed E-state index contributed by atoms with van der Waals surface area (Å²) in [5.41, 5.74) is 1.33. The molecule has 1 aromatic carbocycles. The Bertz CT molecular complexity index is 707. The van der Waals surface area contributed by atoms with Gasteiger partial charge in [0.25, 0.3) is 5.91 Å². The highest BCUT2D eigenvalue weighted by molar-refractivity contribution is 6.30. The van der Waals surface area contributed by atoms with Gasteiger partial charge in [0.2, 0.25) is 0 Å². The van der Waals surface area contributed by atoms with Gasteiger partial charge < -0.3 is 10.6 Å². The minimum absolute atomic E-state index is 0. The second kappa shape index (κ2) is 8.96. The second-order valence-electron chi connectivity index (χ2n) is 5.20. The van der Waals surface area contributed by atoms with E-state index in [9.17, 15) is 9.18 Å². The van der Waals surface area contributed by atoms with Gasteiger partial charge in [0.15, 0.2) is 5.69 Å². The van der Waals surface area contributed by atoms with E-state index in [-0.39, 0.29) is 35.1 Å². The zero-order valence-electron chi connectivity index (χ0n) is 13.6. The van der Waals surface area contributed by atoms with Crippen LogP contribution < -0.4 is 10.6 Å². The molecule has 2 aromatic rings. The van der Waals surface area contributed by atoms with Gasteiger partial charge in [0.05, 0.1) is 16.4 Å². The van der Waals surface area contributed by atoms with Crippen molar-refractivity contribution in [3.8, 4) is 5.69 Å². The lowest BCUT2D eigenvalue weighted by Gasteiger charge is -2.12. The van der Waals surface area contributed by atoms with Gasteiger partial charge in [-0.25, -0.2) is 9.07 Å². The van der Waals surface area contributed by atoms with Crippen LogP contribution in [0.2, 0.25) is 5.02 Å². The van der Waals surface area contributed by atoms with E-state index >= 15 is 0 Å². The molecule has 1 heterocycles. The van der Waals surface area contributed by atoms with Crippen molar-refractivity contribution in [3.63, 3.8) is 0 Å². The number of benzene rings is 1. The van der Waals surface area contributed by atoms with Crippen LogP contribution in [0.4, 0.5) is 4.39 Å². The fourth-order valence-electron chi connectivity index (χ4n) is 2.15. The molecule has 1 aromatic heterocycles. The fraction of sp³-hybridized carbons (Fsp3) is 0.400. The van der Waals surface area contributed by atoms with Crippen molar-refractivity contribution in [1.82, 2.24) is 25.6 Å². The summed E-state index contributed by atoms with van der Waals surface area (Å²) in [5.74, 6) is -0.810. The first kappa shape index (κ1) is 20.3. The third kappa shape index (κ3) is 4.66. The van der Waals surface area contributed by atoms with Crippen LogP contribution in [0.25, 0.3) is 5.69 Å². The number of hydrogen-bond donors (Lipinski definition) is 2. The van der Waals surface area contributed by atoms with Crippen molar-refractivity contribution in [2.75, 3.05) is 13.1 Å². The number of carbonyl (C=O) groups excluding carboxylic acids is 1. The number of rotatable bonds is 6. The van der Waals surface area contributed by atoms with E-state index in [1.165, 1.54) is 22.9 Å². The van der Waals surface area contributed by atoms with E-state index in [1.54, 1.807) is 6.92 Å². The molecular formula is C15H20Cl2FN5O. The Labute approximate surface area is 151 Å². The second-order valence-corrected chi connectivity index (χ2v) is 5.61. The van der Waals surface area contributed by atoms with Crippen LogP contribution in [0, 0.1) is 12.7 Å². The summed E-state index contributed by atoms with van der Waals surface area (Å²) in [6.07, 6.45) is 0. The Kier molecular flexibility index (Phi) is 7.59. The summed E-state index contributed by atoms with van der Waals surface area (Å²) in [5, 5.41) is 13.9. The van der Waals surface area contributed by atoms with E-state index in [2.05, 4.69) is 20.9 Å². The maximum absolute atomic E-state index is 13.2. The normalized spacial score (nSPS) is 11.7. The predicted octanol–water partition coefficient (Wildman–Crippen LogP) is 2.52. The van der Waals surface area contributed by atoms with Crippen molar-refractivity contribution >= 4 is 29.9 Å². The number of carbonyl (C=O) groups is 1. The summed E-state index contributed by atoms with van der Waals surface area (Å²) >= 11 is 5.78. The SMILES string of the molecule is CCN[C@H](C)CNC(=O)c1nnn(-c2ccc(F)c(Cl)c2)c1C.Cl. The molecule has 1 amide bonds. The molecule has 0 unspecified atom stereocenters. The van der Waals surface area contributed by atoms with E-state index < -0.39 is 5.82 Å². The zero-order chi connectivity index (χ0) is 17.0. The highest BCUT2D eigenvalue weighted by atomic mass is 35.5. The summed E-state index contributed by atoms with van der Waals surface area (Å²) in [7, 11) is 0. The number of hydrogen-bond acceptors (Lipinski definition) is 4. The van der Waals surface area contributed by atoms with Crippen LogP contribution in [-0.4, -0.2) is 40.0 Å². The first-order valence-electron chi connectivity index (χ1n) is 7.33. The predicted molar refractivity (Wildman–Crippen MR) is 93.8 cm³/mol. The Hall–Kier alpha value is -1.70. The number of nitrogens with one attached hydrogen (secondary N) is 2. The first-order chi connectivity index (χ1) is 10.9. The molecule has 0 spiro atoms. The van der Waals surface area contributed by atoms with Crippen LogP contribution in [0.15, 0.2) is 18.2 Å². The summed E-state index contributed by atoms with van der Waals surface area (Å²) in [4.78, 5) is 12.2. The van der Waals surface area contributed by atoms with Crippen LogP contribution in [0.5, 0.6) is 0 Å². The molecule has 0 radical (unpaired) electrons. The third-order valence-corrected chi connectivity index (χ3v) is 3.67. The van der Waals surface area contributed by atoms with E-state index in [1.807, 2.05) is 13.8 Å². The van der Waals surface area contributed by atoms with Crippen molar-refractivity contribution in [2.45, 2.75) is 26.8 Å². The zero-order valence-corrected chi connectivity index (χ0v) is 15.2. The van der Waals surface area contributed by atoms with Gasteiger partial charge in [-0.3, -0.25) is 4.79 Å². The van der Waals surface area contributed by atoms with Gasteiger partial charge in [-0.1, -0.05) is 23.7 Å². The van der Waals surface area contributed by atoms with Crippen LogP contribution >= 0.6 is 24.0 Å². The topological polar surface area (TPSA) is 71.8 Å². The molecule has 1 atom stereocenters. The standard InChI is InChI=1S/C15H19ClFN5O.ClH/c1-4-18-9(2)8-19-15(23)14-10(3)22(21-20-14)11-5-6-13(17)12(16)7-11;/h5-7,9,18H,4,8H2,1-3H3,(H,19,23);1H/t9-;/m1./s1. The maximum Gasteiger partial charge on any atom is 0.273 e. The van der Waals surface area contributed by atoms with Gasteiger partial charge >= 0.3 is 0 Å². The maximum atomic E-state index is 13.2. The monoisotopic (exact) mass is 375 g/mol. The highest BCUT2D eigenvalue weighted by Gasteiger charge is 2.18. The van der Waals surface area contributed by atoms with Gasteiger partial charge in [0, 0.05) is 12.6 Å². The van der Waals surface area contributed by atoms with Gasteiger partial charge in [-0.05, 0) is 38.6 Å². The van der Waals surface area contributed by atoms with Crippen LogP contribution in [-0.2, 0) is 0 Å². The quantitative estimate of drug-likeness (QED) is 0.813. The lowest BCUT2D eigenvalue weighted by molar-refractivity contribution is 0.0944. The highest BCUT2D eigenvalue weighted by Crippen LogP contribution is 2.20. The molecule has 0 aliphatic heterocycles. The van der Waals surface area contributed by atoms with Crippen molar-refractivity contribution < 1.29 is 9.18 Å². The summed E-state index contributed by atoms with van der Waals surface area (Å²) in [6.45, 7) is 7.02. The molecule has 0 bridgehead atoms. The van der Waals surface area contributed by atoms with Crippen LogP contribution in [0.3, 0.4) is 0 Å². The van der Waals surface area contributed by atoms with E-state index in [4.69, 9.17) is 11.6 Å². The number of nitrogens with zero attached hydrogens (tertiary/aromatic N) is 3. The molecule has 6 nitrogen and oxygen atoms in total. The number of amides is 1. The molecule has 2 rings (SSSR count). The Morgan fingerprint density at radius 1 is 1.46 bits per heavy atom. The van der Waals surface area contributed by atoms with Crippen molar-refractivity contribution in [1.29, 1.82) is 0 Å². The fourth-order valence-corrected chi connectivity index (χ4v) is 2.33. The van der Waals surface area contributed by atoms with E-state index in [0.29, 0.717) is 17.9 Å². The average molecular weight is 376 g/mol. The number of likely N-dealkylation sites (N-methyl/N-ethyl adjacent to an activating group) is 1. The molecule has 0 saturated heterocycles. The van der Waals surface area contributed by atoms with Crippen LogP contribution in [0.1, 0.15) is 30.0 Å². The lowest BCUT2D eigenvalue weighted by atomic mass is 10.2. The Balaban J connectivity index is 0.00000288. The Morgan fingerprint density at radius 3 is 2.79 bits per heavy atom. The Morgan fingerprint density at radius 2 is 2.17 bits per heavy atom.